The average molecular weight is 353 g/mol. The van der Waals surface area contributed by atoms with Crippen molar-refractivity contribution in [2.24, 2.45) is 5.92 Å². The summed E-state index contributed by atoms with van der Waals surface area (Å²) in [5, 5.41) is 6.82. The molecule has 6 nitrogen and oxygen atoms in total. The molecular formula is C17H21ClN2O4. The largest absolute Gasteiger partial charge is 0.477 e. The predicted molar refractivity (Wildman–Crippen MR) is 90.3 cm³/mol. The van der Waals surface area contributed by atoms with Crippen molar-refractivity contribution >= 4 is 29.2 Å². The van der Waals surface area contributed by atoms with E-state index in [1.165, 1.54) is 7.11 Å². The second-order valence-electron chi connectivity index (χ2n) is 6.21. The molecule has 1 aliphatic heterocycles. The number of carbonyl (C=O) groups is 2. The SMILES string of the molecule is COC(=O)C1CCC(NC(=O)C2CNc3cc(Cl)ccc3O2)CC1. The van der Waals surface area contributed by atoms with Crippen LogP contribution in [0.15, 0.2) is 18.2 Å². The van der Waals surface area contributed by atoms with Crippen LogP contribution in [0, 0.1) is 5.92 Å². The van der Waals surface area contributed by atoms with Crippen molar-refractivity contribution in [3.05, 3.63) is 23.2 Å². The third-order valence-electron chi connectivity index (χ3n) is 4.59. The Labute approximate surface area is 145 Å². The van der Waals surface area contributed by atoms with Gasteiger partial charge in [0.05, 0.1) is 25.3 Å². The van der Waals surface area contributed by atoms with Crippen LogP contribution in [-0.4, -0.2) is 37.7 Å². The molecule has 3 rings (SSSR count). The van der Waals surface area contributed by atoms with Crippen LogP contribution in [0.1, 0.15) is 25.7 Å². The third kappa shape index (κ3) is 3.75. The topological polar surface area (TPSA) is 76.7 Å². The number of amides is 1. The maximum atomic E-state index is 12.4. The summed E-state index contributed by atoms with van der Waals surface area (Å²) in [5.74, 6) is 0.284. The number of methoxy groups -OCH3 is 1. The zero-order valence-corrected chi connectivity index (χ0v) is 14.3. The fourth-order valence-electron chi connectivity index (χ4n) is 3.22. The molecule has 1 aliphatic carbocycles. The summed E-state index contributed by atoms with van der Waals surface area (Å²) in [5.41, 5.74) is 0.796. The van der Waals surface area contributed by atoms with E-state index in [1.54, 1.807) is 18.2 Å². The zero-order chi connectivity index (χ0) is 17.1. The van der Waals surface area contributed by atoms with E-state index >= 15 is 0 Å². The summed E-state index contributed by atoms with van der Waals surface area (Å²) in [7, 11) is 1.41. The lowest BCUT2D eigenvalue weighted by molar-refractivity contribution is -0.146. The highest BCUT2D eigenvalue weighted by Crippen LogP contribution is 2.32. The fraction of sp³-hybridized carbons (Fsp3) is 0.529. The number of ether oxygens (including phenoxy) is 2. The van der Waals surface area contributed by atoms with Gasteiger partial charge in [-0.2, -0.15) is 0 Å². The van der Waals surface area contributed by atoms with Crippen LogP contribution in [0.25, 0.3) is 0 Å². The Morgan fingerprint density at radius 1 is 1.29 bits per heavy atom. The molecule has 0 aromatic heterocycles. The maximum absolute atomic E-state index is 12.4. The molecule has 1 aromatic rings. The minimum absolute atomic E-state index is 0.0487. The van der Waals surface area contributed by atoms with Crippen molar-refractivity contribution < 1.29 is 19.1 Å². The van der Waals surface area contributed by atoms with E-state index in [9.17, 15) is 9.59 Å². The molecule has 2 N–H and O–H groups in total. The Balaban J connectivity index is 1.51. The number of halogens is 1. The van der Waals surface area contributed by atoms with Gasteiger partial charge in [0.25, 0.3) is 5.91 Å². The number of nitrogens with one attached hydrogen (secondary N) is 2. The normalized spacial score (nSPS) is 25.7. The molecule has 24 heavy (non-hydrogen) atoms. The second-order valence-corrected chi connectivity index (χ2v) is 6.64. The smallest absolute Gasteiger partial charge is 0.308 e. The van der Waals surface area contributed by atoms with Gasteiger partial charge in [-0.15, -0.1) is 0 Å². The highest BCUT2D eigenvalue weighted by molar-refractivity contribution is 6.30. The van der Waals surface area contributed by atoms with Gasteiger partial charge < -0.3 is 20.1 Å². The second kappa shape index (κ2) is 7.30. The van der Waals surface area contributed by atoms with Crippen molar-refractivity contribution in [3.8, 4) is 5.75 Å². The Morgan fingerprint density at radius 2 is 2.04 bits per heavy atom. The number of carbonyl (C=O) groups excluding carboxylic acids is 2. The summed E-state index contributed by atoms with van der Waals surface area (Å²) in [6.45, 7) is 0.399. The highest BCUT2D eigenvalue weighted by Gasteiger charge is 2.31. The van der Waals surface area contributed by atoms with E-state index in [1.807, 2.05) is 0 Å². The number of hydrogen-bond donors (Lipinski definition) is 2. The Kier molecular flexibility index (Phi) is 5.14. The monoisotopic (exact) mass is 352 g/mol. The quantitative estimate of drug-likeness (QED) is 0.817. The lowest BCUT2D eigenvalue weighted by Crippen LogP contribution is -2.49. The standard InChI is InChI=1S/C17H21ClN2O4/c1-23-17(22)10-2-5-12(6-3-10)20-16(21)15-9-19-13-8-11(18)4-7-14(13)24-15/h4,7-8,10,12,15,19H,2-3,5-6,9H2,1H3,(H,20,21). The first kappa shape index (κ1) is 16.9. The van der Waals surface area contributed by atoms with E-state index in [2.05, 4.69) is 10.6 Å². The van der Waals surface area contributed by atoms with Gasteiger partial charge in [0.2, 0.25) is 0 Å². The van der Waals surface area contributed by atoms with Gasteiger partial charge in [-0.05, 0) is 43.9 Å². The van der Waals surface area contributed by atoms with Gasteiger partial charge in [0.1, 0.15) is 5.75 Å². The number of benzene rings is 1. The van der Waals surface area contributed by atoms with Crippen LogP contribution in [0.5, 0.6) is 5.75 Å². The molecule has 0 bridgehead atoms. The molecule has 7 heteroatoms. The van der Waals surface area contributed by atoms with Crippen molar-refractivity contribution in [3.63, 3.8) is 0 Å². The molecule has 1 fully saturated rings. The summed E-state index contributed by atoms with van der Waals surface area (Å²) in [4.78, 5) is 24.0. The van der Waals surface area contributed by atoms with Gasteiger partial charge in [-0.1, -0.05) is 11.6 Å². The van der Waals surface area contributed by atoms with Crippen molar-refractivity contribution in [2.45, 2.75) is 37.8 Å². The minimum Gasteiger partial charge on any atom is -0.477 e. The first-order valence-electron chi connectivity index (χ1n) is 8.15. The number of rotatable bonds is 3. The maximum Gasteiger partial charge on any atom is 0.308 e. The molecule has 1 aromatic carbocycles. The molecule has 0 radical (unpaired) electrons. The molecule has 1 heterocycles. The molecule has 0 spiro atoms. The first-order valence-corrected chi connectivity index (χ1v) is 8.53. The van der Waals surface area contributed by atoms with Crippen molar-refractivity contribution in [1.82, 2.24) is 5.32 Å². The third-order valence-corrected chi connectivity index (χ3v) is 4.82. The van der Waals surface area contributed by atoms with Crippen LogP contribution in [0.3, 0.4) is 0 Å². The van der Waals surface area contributed by atoms with E-state index < -0.39 is 6.10 Å². The predicted octanol–water partition coefficient (Wildman–Crippen LogP) is 2.36. The summed E-state index contributed by atoms with van der Waals surface area (Å²) in [6, 6.07) is 5.34. The van der Waals surface area contributed by atoms with Gasteiger partial charge in [0.15, 0.2) is 6.10 Å². The lowest BCUT2D eigenvalue weighted by Gasteiger charge is -2.31. The van der Waals surface area contributed by atoms with Crippen LogP contribution in [-0.2, 0) is 14.3 Å². The average Bonchev–Trinajstić information content (AvgIpc) is 2.61. The Morgan fingerprint density at radius 3 is 2.75 bits per heavy atom. The van der Waals surface area contributed by atoms with E-state index in [4.69, 9.17) is 21.1 Å². The van der Waals surface area contributed by atoms with Gasteiger partial charge >= 0.3 is 5.97 Å². The van der Waals surface area contributed by atoms with Gasteiger partial charge in [0, 0.05) is 11.1 Å². The summed E-state index contributed by atoms with van der Waals surface area (Å²) < 4.78 is 10.5. The lowest BCUT2D eigenvalue weighted by atomic mass is 9.86. The van der Waals surface area contributed by atoms with Crippen molar-refractivity contribution in [1.29, 1.82) is 0 Å². The molecular weight excluding hydrogens is 332 g/mol. The van der Waals surface area contributed by atoms with E-state index in [0.717, 1.165) is 31.4 Å². The van der Waals surface area contributed by atoms with Gasteiger partial charge in [-0.25, -0.2) is 0 Å². The van der Waals surface area contributed by atoms with E-state index in [-0.39, 0.29) is 23.8 Å². The summed E-state index contributed by atoms with van der Waals surface area (Å²) >= 11 is 5.94. The number of esters is 1. The molecule has 130 valence electrons. The molecule has 1 unspecified atom stereocenters. The molecule has 1 atom stereocenters. The van der Waals surface area contributed by atoms with Gasteiger partial charge in [-0.3, -0.25) is 9.59 Å². The Hall–Kier alpha value is -1.95. The Bertz CT molecular complexity index is 629. The van der Waals surface area contributed by atoms with Crippen LogP contribution >= 0.6 is 11.6 Å². The van der Waals surface area contributed by atoms with E-state index in [0.29, 0.717) is 17.3 Å². The molecule has 1 saturated carbocycles. The zero-order valence-electron chi connectivity index (χ0n) is 13.5. The van der Waals surface area contributed by atoms with Crippen LogP contribution < -0.4 is 15.4 Å². The molecule has 2 aliphatic rings. The van der Waals surface area contributed by atoms with Crippen LogP contribution in [0.2, 0.25) is 5.02 Å². The van der Waals surface area contributed by atoms with Crippen molar-refractivity contribution in [2.75, 3.05) is 19.0 Å². The minimum atomic E-state index is -0.572. The highest BCUT2D eigenvalue weighted by atomic mass is 35.5. The molecule has 1 amide bonds. The number of fused-ring (bicyclic) bond motifs is 1. The number of anilines is 1. The fourth-order valence-corrected chi connectivity index (χ4v) is 3.39. The van der Waals surface area contributed by atoms with Crippen LogP contribution in [0.4, 0.5) is 5.69 Å². The summed E-state index contributed by atoms with van der Waals surface area (Å²) in [6.07, 6.45) is 2.46. The number of hydrogen-bond acceptors (Lipinski definition) is 5. The first-order chi connectivity index (χ1) is 11.6. The molecule has 0 saturated heterocycles.